The molecule has 27 heavy (non-hydrogen) atoms. The van der Waals surface area contributed by atoms with Crippen molar-refractivity contribution in [2.45, 2.75) is 19.3 Å². The number of benzene rings is 1. The molecular weight excluding hydrogens is 373 g/mol. The van der Waals surface area contributed by atoms with E-state index in [9.17, 15) is 32.3 Å². The number of carboxylic acids is 1. The molecule has 0 aromatic heterocycles. The van der Waals surface area contributed by atoms with Crippen molar-refractivity contribution < 1.29 is 42.2 Å². The first-order valence-corrected chi connectivity index (χ1v) is 7.72. The van der Waals surface area contributed by atoms with E-state index in [-0.39, 0.29) is 19.5 Å². The fraction of sp³-hybridized carbons (Fsp3) is 0.375. The molecule has 1 aliphatic rings. The molecule has 0 spiro atoms. The van der Waals surface area contributed by atoms with Crippen LogP contribution in [0.25, 0.3) is 0 Å². The predicted molar refractivity (Wildman–Crippen MR) is 82.3 cm³/mol. The first kappa shape index (κ1) is 20.2. The molecule has 1 aromatic carbocycles. The number of rotatable bonds is 6. The summed E-state index contributed by atoms with van der Waals surface area (Å²) >= 11 is 0. The number of carboxylic acid groups (broad SMARTS) is 1. The SMILES string of the molecule is O=C(O)CNC(=O)C1C(=O)CCN(Cc2cccc(OC(F)(F)F)c2)C1=O. The molecule has 2 amide bonds. The molecule has 8 nitrogen and oxygen atoms in total. The van der Waals surface area contributed by atoms with E-state index in [1.54, 1.807) is 0 Å². The van der Waals surface area contributed by atoms with Gasteiger partial charge in [-0.2, -0.15) is 0 Å². The molecule has 0 saturated carbocycles. The summed E-state index contributed by atoms with van der Waals surface area (Å²) in [6, 6.07) is 4.97. The molecule has 2 N–H and O–H groups in total. The van der Waals surface area contributed by atoms with Crippen LogP contribution in [0.15, 0.2) is 24.3 Å². The third-order valence-corrected chi connectivity index (χ3v) is 3.69. The molecule has 146 valence electrons. The molecule has 1 fully saturated rings. The van der Waals surface area contributed by atoms with Crippen molar-refractivity contribution in [1.82, 2.24) is 10.2 Å². The van der Waals surface area contributed by atoms with Crippen LogP contribution >= 0.6 is 0 Å². The fourth-order valence-corrected chi connectivity index (χ4v) is 2.56. The minimum Gasteiger partial charge on any atom is -0.480 e. The predicted octanol–water partition coefficient (Wildman–Crippen LogP) is 0.704. The second-order valence-corrected chi connectivity index (χ2v) is 5.72. The highest BCUT2D eigenvalue weighted by atomic mass is 19.4. The molecule has 2 rings (SSSR count). The van der Waals surface area contributed by atoms with Crippen LogP contribution in [0.1, 0.15) is 12.0 Å². The number of ketones is 1. The Hall–Kier alpha value is -3.11. The monoisotopic (exact) mass is 388 g/mol. The van der Waals surface area contributed by atoms with E-state index < -0.39 is 48.1 Å². The Balaban J connectivity index is 2.09. The first-order chi connectivity index (χ1) is 12.6. The minimum absolute atomic E-state index is 0.00919. The van der Waals surface area contributed by atoms with Crippen molar-refractivity contribution >= 4 is 23.6 Å². The lowest BCUT2D eigenvalue weighted by atomic mass is 9.94. The first-order valence-electron chi connectivity index (χ1n) is 7.72. The van der Waals surface area contributed by atoms with Gasteiger partial charge in [-0.15, -0.1) is 13.2 Å². The average molecular weight is 388 g/mol. The highest BCUT2D eigenvalue weighted by Crippen LogP contribution is 2.25. The second kappa shape index (κ2) is 8.06. The van der Waals surface area contributed by atoms with Gasteiger partial charge >= 0.3 is 12.3 Å². The van der Waals surface area contributed by atoms with E-state index in [2.05, 4.69) is 4.74 Å². The van der Waals surface area contributed by atoms with Crippen LogP contribution in [0.5, 0.6) is 5.75 Å². The number of hydrogen-bond donors (Lipinski definition) is 2. The van der Waals surface area contributed by atoms with Crippen molar-refractivity contribution in [2.24, 2.45) is 5.92 Å². The zero-order valence-electron chi connectivity index (χ0n) is 13.8. The van der Waals surface area contributed by atoms with Crippen LogP contribution in [0.3, 0.4) is 0 Å². The van der Waals surface area contributed by atoms with Crippen molar-refractivity contribution in [1.29, 1.82) is 0 Å². The molecule has 1 saturated heterocycles. The number of amides is 2. The molecular formula is C16H15F3N2O6. The molecule has 1 aliphatic heterocycles. The van der Waals surface area contributed by atoms with Gasteiger partial charge in [0.2, 0.25) is 11.8 Å². The smallest absolute Gasteiger partial charge is 0.480 e. The molecule has 1 atom stereocenters. The summed E-state index contributed by atoms with van der Waals surface area (Å²) in [5.41, 5.74) is 0.309. The summed E-state index contributed by atoms with van der Waals surface area (Å²) in [4.78, 5) is 47.9. The molecule has 11 heteroatoms. The van der Waals surface area contributed by atoms with Crippen LogP contribution in [0.2, 0.25) is 0 Å². The molecule has 1 unspecified atom stereocenters. The van der Waals surface area contributed by atoms with E-state index in [0.717, 1.165) is 17.0 Å². The number of carbonyl (C=O) groups is 4. The summed E-state index contributed by atoms with van der Waals surface area (Å²) < 4.78 is 40.7. The fourth-order valence-electron chi connectivity index (χ4n) is 2.56. The van der Waals surface area contributed by atoms with Crippen molar-refractivity contribution in [3.05, 3.63) is 29.8 Å². The maximum absolute atomic E-state index is 12.4. The zero-order chi connectivity index (χ0) is 20.2. The van der Waals surface area contributed by atoms with Gasteiger partial charge < -0.3 is 20.1 Å². The van der Waals surface area contributed by atoms with E-state index in [0.29, 0.717) is 5.56 Å². The number of likely N-dealkylation sites (tertiary alicyclic amines) is 1. The Labute approximate surface area is 150 Å². The lowest BCUT2D eigenvalue weighted by Crippen LogP contribution is -2.52. The van der Waals surface area contributed by atoms with Gasteiger partial charge in [0, 0.05) is 19.5 Å². The van der Waals surface area contributed by atoms with Crippen LogP contribution in [-0.4, -0.2) is 53.0 Å². The van der Waals surface area contributed by atoms with E-state index >= 15 is 0 Å². The van der Waals surface area contributed by atoms with Crippen molar-refractivity contribution in [3.63, 3.8) is 0 Å². The Morgan fingerprint density at radius 2 is 2.00 bits per heavy atom. The van der Waals surface area contributed by atoms with Gasteiger partial charge in [0.1, 0.15) is 12.3 Å². The summed E-state index contributed by atoms with van der Waals surface area (Å²) in [7, 11) is 0. The third-order valence-electron chi connectivity index (χ3n) is 3.69. The standard InChI is InChI=1S/C16H15F3N2O6/c17-16(18,19)27-10-3-1-2-9(6-10)8-21-5-4-11(22)13(15(21)26)14(25)20-7-12(23)24/h1-3,6,13H,4-5,7-8H2,(H,20,25)(H,23,24). The highest BCUT2D eigenvalue weighted by molar-refractivity contribution is 6.19. The number of alkyl halides is 3. The maximum Gasteiger partial charge on any atom is 0.573 e. The number of Topliss-reactive ketones (excluding diaryl/α,β-unsaturated/α-hetero) is 1. The summed E-state index contributed by atoms with van der Waals surface area (Å²) in [5.74, 6) is -5.97. The van der Waals surface area contributed by atoms with Crippen molar-refractivity contribution in [2.75, 3.05) is 13.1 Å². The lowest BCUT2D eigenvalue weighted by Gasteiger charge is -2.30. The number of nitrogens with one attached hydrogen (secondary N) is 1. The minimum atomic E-state index is -4.86. The number of aliphatic carboxylic acids is 1. The van der Waals surface area contributed by atoms with Gasteiger partial charge in [-0.3, -0.25) is 19.2 Å². The van der Waals surface area contributed by atoms with Gasteiger partial charge in [-0.1, -0.05) is 12.1 Å². The number of hydrogen-bond acceptors (Lipinski definition) is 5. The number of carbonyl (C=O) groups excluding carboxylic acids is 3. The topological polar surface area (TPSA) is 113 Å². The van der Waals surface area contributed by atoms with Crippen LogP contribution in [-0.2, 0) is 25.7 Å². The number of halogens is 3. The largest absolute Gasteiger partial charge is 0.573 e. The lowest BCUT2D eigenvalue weighted by molar-refractivity contribution is -0.274. The molecule has 1 aromatic rings. The van der Waals surface area contributed by atoms with E-state index in [4.69, 9.17) is 5.11 Å². The molecule has 0 radical (unpaired) electrons. The Morgan fingerprint density at radius 1 is 1.30 bits per heavy atom. The quantitative estimate of drug-likeness (QED) is 0.694. The van der Waals surface area contributed by atoms with E-state index in [1.165, 1.54) is 12.1 Å². The maximum atomic E-state index is 12.4. The summed E-state index contributed by atoms with van der Waals surface area (Å²) in [5, 5.41) is 10.5. The van der Waals surface area contributed by atoms with Crippen LogP contribution < -0.4 is 10.1 Å². The molecule has 0 bridgehead atoms. The van der Waals surface area contributed by atoms with Gasteiger partial charge in [0.25, 0.3) is 0 Å². The van der Waals surface area contributed by atoms with Crippen LogP contribution in [0, 0.1) is 5.92 Å². The Kier molecular flexibility index (Phi) is 6.03. The Bertz CT molecular complexity index is 765. The van der Waals surface area contributed by atoms with Gasteiger partial charge in [0.15, 0.2) is 11.7 Å². The summed E-state index contributed by atoms with van der Waals surface area (Å²) in [6.45, 7) is -0.888. The third kappa shape index (κ3) is 5.69. The highest BCUT2D eigenvalue weighted by Gasteiger charge is 2.40. The number of nitrogens with zero attached hydrogens (tertiary/aromatic N) is 1. The van der Waals surface area contributed by atoms with E-state index in [1.807, 2.05) is 5.32 Å². The van der Waals surface area contributed by atoms with Crippen LogP contribution in [0.4, 0.5) is 13.2 Å². The van der Waals surface area contributed by atoms with Gasteiger partial charge in [-0.25, -0.2) is 0 Å². The average Bonchev–Trinajstić information content (AvgIpc) is 2.54. The zero-order valence-corrected chi connectivity index (χ0v) is 13.8. The second-order valence-electron chi connectivity index (χ2n) is 5.72. The molecule has 0 aliphatic carbocycles. The number of piperidine rings is 1. The Morgan fingerprint density at radius 3 is 2.63 bits per heavy atom. The molecule has 1 heterocycles. The normalized spacial score (nSPS) is 17.6. The van der Waals surface area contributed by atoms with Crippen molar-refractivity contribution in [3.8, 4) is 5.75 Å². The van der Waals surface area contributed by atoms with Gasteiger partial charge in [0.05, 0.1) is 0 Å². The summed E-state index contributed by atoms with van der Waals surface area (Å²) in [6.07, 6.45) is -4.99. The van der Waals surface area contributed by atoms with Gasteiger partial charge in [-0.05, 0) is 17.7 Å². The number of ether oxygens (including phenoxy) is 1.